The van der Waals surface area contributed by atoms with E-state index < -0.39 is 0 Å². The third-order valence-electron chi connectivity index (χ3n) is 0.916. The summed E-state index contributed by atoms with van der Waals surface area (Å²) in [7, 11) is 0. The van der Waals surface area contributed by atoms with Crippen LogP contribution in [0.4, 0.5) is 0 Å². The topological polar surface area (TPSA) is 23.8 Å². The third kappa shape index (κ3) is 1.98. The number of halogens is 1. The molecular formula is C7H4BrNS. The summed E-state index contributed by atoms with van der Waals surface area (Å²) in [6, 6.07) is 5.86. The van der Waals surface area contributed by atoms with Gasteiger partial charge in [0.1, 0.15) is 0 Å². The molecule has 3 heteroatoms. The molecule has 0 aliphatic rings. The second-order valence-corrected chi connectivity index (χ2v) is 4.10. The fourth-order valence-electron chi connectivity index (χ4n) is 0.537. The molecule has 0 saturated carbocycles. The molecule has 1 rings (SSSR count). The molecule has 0 amide bonds. The van der Waals surface area contributed by atoms with E-state index in [-0.39, 0.29) is 0 Å². The van der Waals surface area contributed by atoms with E-state index >= 15 is 0 Å². The summed E-state index contributed by atoms with van der Waals surface area (Å²) < 4.78 is 1.09. The van der Waals surface area contributed by atoms with Crippen LogP contribution in [-0.4, -0.2) is 0 Å². The Morgan fingerprint density at radius 2 is 2.40 bits per heavy atom. The first-order valence-corrected chi connectivity index (χ1v) is 4.25. The zero-order chi connectivity index (χ0) is 7.40. The fourth-order valence-corrected chi connectivity index (χ4v) is 1.86. The highest BCUT2D eigenvalue weighted by Gasteiger charge is 1.90. The van der Waals surface area contributed by atoms with Crippen molar-refractivity contribution in [2.24, 2.45) is 0 Å². The van der Waals surface area contributed by atoms with Gasteiger partial charge in [-0.05, 0) is 34.1 Å². The Bertz CT molecular complexity index is 282. The van der Waals surface area contributed by atoms with E-state index in [9.17, 15) is 0 Å². The predicted molar refractivity (Wildman–Crippen MR) is 46.7 cm³/mol. The molecule has 1 aromatic rings. The quantitative estimate of drug-likeness (QED) is 0.659. The van der Waals surface area contributed by atoms with Crippen molar-refractivity contribution in [3.05, 3.63) is 26.9 Å². The van der Waals surface area contributed by atoms with Crippen LogP contribution in [0.1, 0.15) is 4.88 Å². The summed E-state index contributed by atoms with van der Waals surface area (Å²) in [6.45, 7) is 0. The van der Waals surface area contributed by atoms with Crippen molar-refractivity contribution < 1.29 is 0 Å². The number of hydrogen-bond donors (Lipinski definition) is 0. The van der Waals surface area contributed by atoms with Gasteiger partial charge >= 0.3 is 0 Å². The summed E-state index contributed by atoms with van der Waals surface area (Å²) in [4.78, 5) is 1.09. The average Bonchev–Trinajstić information content (AvgIpc) is 2.31. The lowest BCUT2D eigenvalue weighted by Gasteiger charge is -1.75. The second-order valence-electron chi connectivity index (χ2n) is 1.60. The normalized spacial score (nSPS) is 10.0. The maximum atomic E-state index is 8.19. The zero-order valence-electron chi connectivity index (χ0n) is 5.04. The van der Waals surface area contributed by atoms with E-state index in [4.69, 9.17) is 5.26 Å². The van der Waals surface area contributed by atoms with E-state index in [0.717, 1.165) is 8.66 Å². The van der Waals surface area contributed by atoms with Gasteiger partial charge in [-0.15, -0.1) is 11.3 Å². The molecular weight excluding hydrogens is 210 g/mol. The molecule has 0 spiro atoms. The Labute approximate surface area is 71.7 Å². The number of thiophene rings is 1. The van der Waals surface area contributed by atoms with Gasteiger partial charge in [-0.3, -0.25) is 0 Å². The second kappa shape index (κ2) is 3.55. The molecule has 1 aromatic heterocycles. The SMILES string of the molecule is N#CC=Cc1ccc(Br)s1. The molecule has 10 heavy (non-hydrogen) atoms. The van der Waals surface area contributed by atoms with Gasteiger partial charge < -0.3 is 0 Å². The van der Waals surface area contributed by atoms with Crippen molar-refractivity contribution in [1.82, 2.24) is 0 Å². The number of nitrogens with zero attached hydrogens (tertiary/aromatic N) is 1. The maximum absolute atomic E-state index is 8.19. The van der Waals surface area contributed by atoms with Crippen LogP contribution in [0, 0.1) is 11.3 Å². The van der Waals surface area contributed by atoms with Crippen LogP contribution in [0.3, 0.4) is 0 Å². The molecule has 0 atom stereocenters. The zero-order valence-corrected chi connectivity index (χ0v) is 7.45. The monoisotopic (exact) mass is 213 g/mol. The minimum atomic E-state index is 1.09. The molecule has 0 radical (unpaired) electrons. The summed E-state index contributed by atoms with van der Waals surface area (Å²) in [5, 5.41) is 8.19. The van der Waals surface area contributed by atoms with Crippen molar-refractivity contribution in [1.29, 1.82) is 5.26 Å². The van der Waals surface area contributed by atoms with Gasteiger partial charge in [0.25, 0.3) is 0 Å². The van der Waals surface area contributed by atoms with Gasteiger partial charge in [0.2, 0.25) is 0 Å². The summed E-state index contributed by atoms with van der Waals surface area (Å²) >= 11 is 4.93. The number of rotatable bonds is 1. The van der Waals surface area contributed by atoms with Gasteiger partial charge in [0.05, 0.1) is 9.86 Å². The maximum Gasteiger partial charge on any atom is 0.0912 e. The molecule has 0 fully saturated rings. The number of nitriles is 1. The van der Waals surface area contributed by atoms with E-state index in [2.05, 4.69) is 15.9 Å². The van der Waals surface area contributed by atoms with Crippen LogP contribution >= 0.6 is 27.3 Å². The van der Waals surface area contributed by atoms with E-state index in [1.807, 2.05) is 18.2 Å². The minimum absolute atomic E-state index is 1.09. The molecule has 0 saturated heterocycles. The third-order valence-corrected chi connectivity index (χ3v) is 2.51. The first-order valence-electron chi connectivity index (χ1n) is 2.64. The Hall–Kier alpha value is -0.590. The van der Waals surface area contributed by atoms with Crippen molar-refractivity contribution in [2.45, 2.75) is 0 Å². The Morgan fingerprint density at radius 1 is 1.60 bits per heavy atom. The minimum Gasteiger partial charge on any atom is -0.193 e. The Kier molecular flexibility index (Phi) is 2.67. The number of hydrogen-bond acceptors (Lipinski definition) is 2. The first kappa shape index (κ1) is 7.52. The summed E-state index contributed by atoms with van der Waals surface area (Å²) in [6.07, 6.45) is 3.26. The lowest BCUT2D eigenvalue weighted by Crippen LogP contribution is -1.52. The molecule has 0 N–H and O–H groups in total. The molecule has 0 aliphatic carbocycles. The smallest absolute Gasteiger partial charge is 0.0912 e. The van der Waals surface area contributed by atoms with Crippen LogP contribution in [0.2, 0.25) is 0 Å². The van der Waals surface area contributed by atoms with Gasteiger partial charge in [-0.1, -0.05) is 0 Å². The van der Waals surface area contributed by atoms with Gasteiger partial charge in [0, 0.05) is 11.0 Å². The molecule has 0 bridgehead atoms. The average molecular weight is 214 g/mol. The first-order chi connectivity index (χ1) is 4.83. The van der Waals surface area contributed by atoms with E-state index in [1.54, 1.807) is 17.4 Å². The highest BCUT2D eigenvalue weighted by Crippen LogP contribution is 2.22. The van der Waals surface area contributed by atoms with Crippen LogP contribution < -0.4 is 0 Å². The van der Waals surface area contributed by atoms with Crippen molar-refractivity contribution in [3.8, 4) is 6.07 Å². The summed E-state index contributed by atoms with van der Waals surface area (Å²) in [5.74, 6) is 0. The predicted octanol–water partition coefficient (Wildman–Crippen LogP) is 3.05. The molecule has 1 nitrogen and oxygen atoms in total. The molecule has 0 aliphatic heterocycles. The van der Waals surface area contributed by atoms with E-state index in [1.165, 1.54) is 6.08 Å². The Morgan fingerprint density at radius 3 is 2.90 bits per heavy atom. The highest BCUT2D eigenvalue weighted by molar-refractivity contribution is 9.11. The van der Waals surface area contributed by atoms with Crippen molar-refractivity contribution in [3.63, 3.8) is 0 Å². The van der Waals surface area contributed by atoms with Crippen molar-refractivity contribution in [2.75, 3.05) is 0 Å². The molecule has 50 valence electrons. The van der Waals surface area contributed by atoms with Gasteiger partial charge in [-0.25, -0.2) is 0 Å². The van der Waals surface area contributed by atoms with Crippen LogP contribution in [0.25, 0.3) is 6.08 Å². The van der Waals surface area contributed by atoms with E-state index in [0.29, 0.717) is 0 Å². The molecule has 0 unspecified atom stereocenters. The van der Waals surface area contributed by atoms with Crippen LogP contribution in [0.5, 0.6) is 0 Å². The van der Waals surface area contributed by atoms with Gasteiger partial charge in [-0.2, -0.15) is 5.26 Å². The standard InChI is InChI=1S/C7H4BrNS/c8-7-4-3-6(10-7)2-1-5-9/h1-4H. The largest absolute Gasteiger partial charge is 0.193 e. The van der Waals surface area contributed by atoms with Gasteiger partial charge in [0.15, 0.2) is 0 Å². The summed E-state index contributed by atoms with van der Waals surface area (Å²) in [5.41, 5.74) is 0. The van der Waals surface area contributed by atoms with Crippen molar-refractivity contribution >= 4 is 33.3 Å². The van der Waals surface area contributed by atoms with Crippen LogP contribution in [-0.2, 0) is 0 Å². The molecule has 1 heterocycles. The highest BCUT2D eigenvalue weighted by atomic mass is 79.9. The lowest BCUT2D eigenvalue weighted by molar-refractivity contribution is 1.54. The molecule has 0 aromatic carbocycles. The van der Waals surface area contributed by atoms with Crippen LogP contribution in [0.15, 0.2) is 22.0 Å². The number of allylic oxidation sites excluding steroid dienone is 1. The fraction of sp³-hybridized carbons (Fsp3) is 0. The lowest BCUT2D eigenvalue weighted by atomic mass is 10.4. The Balaban J connectivity index is 2.78.